The van der Waals surface area contributed by atoms with E-state index in [1.54, 1.807) is 36.0 Å². The van der Waals surface area contributed by atoms with Crippen LogP contribution in [0.5, 0.6) is 5.75 Å². The van der Waals surface area contributed by atoms with Gasteiger partial charge in [0.25, 0.3) is 0 Å². The minimum absolute atomic E-state index is 0.227. The number of ether oxygens (including phenoxy) is 1. The van der Waals surface area contributed by atoms with E-state index in [-0.39, 0.29) is 5.56 Å². The van der Waals surface area contributed by atoms with E-state index in [2.05, 4.69) is 4.98 Å². The molecular weight excluding hydrogens is 256 g/mol. The number of benzene rings is 1. The Balaban J connectivity index is 2.14. The van der Waals surface area contributed by atoms with E-state index < -0.39 is 5.97 Å². The third kappa shape index (κ3) is 1.99. The van der Waals surface area contributed by atoms with Crippen LogP contribution in [-0.4, -0.2) is 27.6 Å². The number of aromatic nitrogens is 2. The van der Waals surface area contributed by atoms with Gasteiger partial charge in [0.15, 0.2) is 0 Å². The SMILES string of the molecule is COc1ccc(-c2ncc3ccc(C(=O)O)cn23)cc1. The van der Waals surface area contributed by atoms with Gasteiger partial charge in [-0.2, -0.15) is 0 Å². The molecule has 0 saturated carbocycles. The first-order valence-electron chi connectivity index (χ1n) is 6.04. The number of hydrogen-bond acceptors (Lipinski definition) is 3. The number of carboxylic acids is 1. The number of methoxy groups -OCH3 is 1. The lowest BCUT2D eigenvalue weighted by Crippen LogP contribution is -1.99. The molecule has 0 aliphatic rings. The summed E-state index contributed by atoms with van der Waals surface area (Å²) in [4.78, 5) is 15.4. The van der Waals surface area contributed by atoms with Gasteiger partial charge in [0.05, 0.1) is 24.4 Å². The summed E-state index contributed by atoms with van der Waals surface area (Å²) in [6.07, 6.45) is 3.29. The Morgan fingerprint density at radius 3 is 2.60 bits per heavy atom. The highest BCUT2D eigenvalue weighted by molar-refractivity contribution is 5.88. The van der Waals surface area contributed by atoms with Crippen LogP contribution in [0.15, 0.2) is 48.8 Å². The molecule has 0 amide bonds. The number of hydrogen-bond donors (Lipinski definition) is 1. The van der Waals surface area contributed by atoms with Crippen molar-refractivity contribution in [2.45, 2.75) is 0 Å². The van der Waals surface area contributed by atoms with Crippen molar-refractivity contribution in [3.05, 3.63) is 54.4 Å². The van der Waals surface area contributed by atoms with Crippen molar-refractivity contribution in [2.75, 3.05) is 7.11 Å². The average molecular weight is 268 g/mol. The summed E-state index contributed by atoms with van der Waals surface area (Å²) in [5, 5.41) is 9.06. The third-order valence-corrected chi connectivity index (χ3v) is 3.12. The van der Waals surface area contributed by atoms with Gasteiger partial charge in [0.2, 0.25) is 0 Å². The van der Waals surface area contributed by atoms with Gasteiger partial charge in [-0.15, -0.1) is 0 Å². The van der Waals surface area contributed by atoms with E-state index in [9.17, 15) is 4.79 Å². The van der Waals surface area contributed by atoms with Gasteiger partial charge in [-0.25, -0.2) is 9.78 Å². The number of pyridine rings is 1. The van der Waals surface area contributed by atoms with Crippen molar-refractivity contribution in [1.29, 1.82) is 0 Å². The molecule has 100 valence electrons. The highest BCUT2D eigenvalue weighted by Gasteiger charge is 2.09. The fraction of sp³-hybridized carbons (Fsp3) is 0.0667. The monoisotopic (exact) mass is 268 g/mol. The molecule has 1 aromatic carbocycles. The molecule has 0 fully saturated rings. The number of rotatable bonds is 3. The molecule has 2 aromatic heterocycles. The lowest BCUT2D eigenvalue weighted by Gasteiger charge is -2.04. The van der Waals surface area contributed by atoms with E-state index in [0.717, 1.165) is 16.8 Å². The predicted octanol–water partition coefficient (Wildman–Crippen LogP) is 2.71. The Hall–Kier alpha value is -2.82. The maximum absolute atomic E-state index is 11.0. The van der Waals surface area contributed by atoms with Crippen LogP contribution in [0.25, 0.3) is 16.9 Å². The molecule has 0 radical (unpaired) electrons. The lowest BCUT2D eigenvalue weighted by atomic mass is 10.2. The van der Waals surface area contributed by atoms with Crippen LogP contribution < -0.4 is 4.74 Å². The number of nitrogens with zero attached hydrogens (tertiary/aromatic N) is 2. The molecular formula is C15H12N2O3. The zero-order chi connectivity index (χ0) is 14.1. The molecule has 3 rings (SSSR count). The van der Waals surface area contributed by atoms with Gasteiger partial charge >= 0.3 is 5.97 Å². The number of carboxylic acid groups (broad SMARTS) is 1. The largest absolute Gasteiger partial charge is 0.497 e. The average Bonchev–Trinajstić information content (AvgIpc) is 2.90. The first-order chi connectivity index (χ1) is 9.69. The van der Waals surface area contributed by atoms with Crippen LogP contribution in [0.1, 0.15) is 10.4 Å². The van der Waals surface area contributed by atoms with Crippen LogP contribution in [-0.2, 0) is 0 Å². The molecule has 5 heteroatoms. The summed E-state index contributed by atoms with van der Waals surface area (Å²) < 4.78 is 6.89. The Bertz CT molecular complexity index is 775. The Labute approximate surface area is 115 Å². The Morgan fingerprint density at radius 1 is 1.20 bits per heavy atom. The minimum atomic E-state index is -0.957. The first kappa shape index (κ1) is 12.2. The van der Waals surface area contributed by atoms with E-state index in [4.69, 9.17) is 9.84 Å². The van der Waals surface area contributed by atoms with Crippen LogP contribution in [0.4, 0.5) is 0 Å². The second-order valence-corrected chi connectivity index (χ2v) is 4.33. The van der Waals surface area contributed by atoms with Gasteiger partial charge in [-0.05, 0) is 36.4 Å². The van der Waals surface area contributed by atoms with Crippen molar-refractivity contribution >= 4 is 11.5 Å². The molecule has 3 aromatic rings. The van der Waals surface area contributed by atoms with E-state index in [1.165, 1.54) is 0 Å². The van der Waals surface area contributed by atoms with Crippen molar-refractivity contribution in [3.63, 3.8) is 0 Å². The highest BCUT2D eigenvalue weighted by Crippen LogP contribution is 2.22. The number of aromatic carboxylic acids is 1. The standard InChI is InChI=1S/C15H12N2O3/c1-20-13-6-3-10(4-7-13)14-16-8-12-5-2-11(15(18)19)9-17(12)14/h2-9H,1H3,(H,18,19). The van der Waals surface area contributed by atoms with E-state index in [0.29, 0.717) is 5.82 Å². The van der Waals surface area contributed by atoms with Gasteiger partial charge in [-0.1, -0.05) is 0 Å². The van der Waals surface area contributed by atoms with Crippen LogP contribution >= 0.6 is 0 Å². The topological polar surface area (TPSA) is 63.8 Å². The molecule has 0 aliphatic carbocycles. The summed E-state index contributed by atoms with van der Waals surface area (Å²) in [6, 6.07) is 10.8. The molecule has 0 saturated heterocycles. The van der Waals surface area contributed by atoms with Crippen molar-refractivity contribution in [2.24, 2.45) is 0 Å². The molecule has 5 nitrogen and oxygen atoms in total. The highest BCUT2D eigenvalue weighted by atomic mass is 16.5. The second kappa shape index (κ2) is 4.70. The van der Waals surface area contributed by atoms with Crippen molar-refractivity contribution in [1.82, 2.24) is 9.38 Å². The molecule has 0 bridgehead atoms. The summed E-state index contributed by atoms with van der Waals surface area (Å²) in [6.45, 7) is 0. The van der Waals surface area contributed by atoms with E-state index >= 15 is 0 Å². The Morgan fingerprint density at radius 2 is 1.95 bits per heavy atom. The van der Waals surface area contributed by atoms with Crippen molar-refractivity contribution < 1.29 is 14.6 Å². The zero-order valence-electron chi connectivity index (χ0n) is 10.8. The maximum atomic E-state index is 11.0. The van der Waals surface area contributed by atoms with E-state index in [1.807, 2.05) is 24.3 Å². The fourth-order valence-electron chi connectivity index (χ4n) is 2.07. The fourth-order valence-corrected chi connectivity index (χ4v) is 2.07. The molecule has 20 heavy (non-hydrogen) atoms. The zero-order valence-corrected chi connectivity index (χ0v) is 10.8. The predicted molar refractivity (Wildman–Crippen MR) is 74.1 cm³/mol. The van der Waals surface area contributed by atoms with Crippen LogP contribution in [0.2, 0.25) is 0 Å². The molecule has 2 heterocycles. The summed E-state index contributed by atoms with van der Waals surface area (Å²) in [7, 11) is 1.61. The third-order valence-electron chi connectivity index (χ3n) is 3.12. The smallest absolute Gasteiger partial charge is 0.337 e. The first-order valence-corrected chi connectivity index (χ1v) is 6.04. The number of carbonyl (C=O) groups is 1. The second-order valence-electron chi connectivity index (χ2n) is 4.33. The van der Waals surface area contributed by atoms with Gasteiger partial charge in [-0.3, -0.25) is 4.40 Å². The molecule has 0 aliphatic heterocycles. The van der Waals surface area contributed by atoms with Gasteiger partial charge in [0, 0.05) is 11.8 Å². The van der Waals surface area contributed by atoms with Crippen LogP contribution in [0, 0.1) is 0 Å². The van der Waals surface area contributed by atoms with Crippen molar-refractivity contribution in [3.8, 4) is 17.1 Å². The van der Waals surface area contributed by atoms with Gasteiger partial charge in [0.1, 0.15) is 11.6 Å². The molecule has 0 unspecified atom stereocenters. The minimum Gasteiger partial charge on any atom is -0.497 e. The maximum Gasteiger partial charge on any atom is 0.337 e. The molecule has 0 atom stereocenters. The Kier molecular flexibility index (Phi) is 2.87. The summed E-state index contributed by atoms with van der Waals surface area (Å²) in [5.74, 6) is 0.507. The summed E-state index contributed by atoms with van der Waals surface area (Å²) in [5.41, 5.74) is 1.97. The lowest BCUT2D eigenvalue weighted by molar-refractivity contribution is 0.0696. The van der Waals surface area contributed by atoms with Gasteiger partial charge < -0.3 is 9.84 Å². The number of imidazole rings is 1. The quantitative estimate of drug-likeness (QED) is 0.793. The number of fused-ring (bicyclic) bond motifs is 1. The molecule has 0 spiro atoms. The van der Waals surface area contributed by atoms with Crippen LogP contribution in [0.3, 0.4) is 0 Å². The molecule has 1 N–H and O–H groups in total. The normalized spacial score (nSPS) is 10.7. The summed E-state index contributed by atoms with van der Waals surface area (Å²) >= 11 is 0.